The van der Waals surface area contributed by atoms with Crippen molar-refractivity contribution >= 4 is 11.7 Å². The van der Waals surface area contributed by atoms with Crippen molar-refractivity contribution in [2.24, 2.45) is 11.3 Å². The van der Waals surface area contributed by atoms with Crippen molar-refractivity contribution in [2.75, 3.05) is 57.8 Å². The molecule has 0 bridgehead atoms. The molecule has 11 heteroatoms. The van der Waals surface area contributed by atoms with Crippen molar-refractivity contribution in [1.29, 1.82) is 0 Å². The second-order valence-corrected chi connectivity index (χ2v) is 12.6. The first-order valence-electron chi connectivity index (χ1n) is 15.3. The van der Waals surface area contributed by atoms with Gasteiger partial charge in [-0.25, -0.2) is 9.37 Å². The van der Waals surface area contributed by atoms with Crippen LogP contribution in [0.15, 0.2) is 24.5 Å². The first-order valence-corrected chi connectivity index (χ1v) is 15.3. The minimum Gasteiger partial charge on any atom is -0.434 e. The molecule has 2 aliphatic rings. The first kappa shape index (κ1) is 32.0. The summed E-state index contributed by atoms with van der Waals surface area (Å²) in [4.78, 5) is 26.3. The van der Waals surface area contributed by atoms with Crippen LogP contribution in [-0.2, 0) is 0 Å². The van der Waals surface area contributed by atoms with E-state index in [0.717, 1.165) is 45.6 Å². The Balaban J connectivity index is 1.46. The van der Waals surface area contributed by atoms with Crippen molar-refractivity contribution in [3.05, 3.63) is 35.9 Å². The van der Waals surface area contributed by atoms with Crippen LogP contribution in [0.1, 0.15) is 64.7 Å². The number of hydrogen-bond acceptors (Lipinski definition) is 9. The summed E-state index contributed by atoms with van der Waals surface area (Å²) in [6.07, 6.45) is 2.83. The number of benzene rings is 1. The first-order chi connectivity index (χ1) is 20.0. The fourth-order valence-corrected chi connectivity index (χ4v) is 6.41. The average molecular weight is 586 g/mol. The summed E-state index contributed by atoms with van der Waals surface area (Å²) in [7, 11) is 2.04. The number of carbonyl (C=O) groups is 1. The number of amides is 1. The number of hydrogen-bond donors (Lipinski definition) is 1. The van der Waals surface area contributed by atoms with Gasteiger partial charge in [-0.05, 0) is 71.3 Å². The monoisotopic (exact) mass is 585 g/mol. The normalized spacial score (nSPS) is 18.1. The van der Waals surface area contributed by atoms with E-state index >= 15 is 0 Å². The molecule has 4 rings (SSSR count). The van der Waals surface area contributed by atoms with Gasteiger partial charge in [-0.15, -0.1) is 10.2 Å². The molecule has 2 aromatic rings. The van der Waals surface area contributed by atoms with Crippen LogP contribution >= 0.6 is 0 Å². The Kier molecular flexibility index (Phi) is 10.4. The summed E-state index contributed by atoms with van der Waals surface area (Å²) < 4.78 is 20.4. The van der Waals surface area contributed by atoms with Crippen LogP contribution in [0.25, 0.3) is 0 Å². The van der Waals surface area contributed by atoms with Crippen LogP contribution in [0.3, 0.4) is 0 Å². The molecule has 1 spiro atoms. The third-order valence-corrected chi connectivity index (χ3v) is 8.80. The molecule has 0 unspecified atom stereocenters. The Morgan fingerprint density at radius 2 is 1.90 bits per heavy atom. The lowest BCUT2D eigenvalue weighted by Crippen LogP contribution is -2.62. The van der Waals surface area contributed by atoms with Crippen molar-refractivity contribution in [3.63, 3.8) is 0 Å². The summed E-state index contributed by atoms with van der Waals surface area (Å²) >= 11 is 0. The summed E-state index contributed by atoms with van der Waals surface area (Å²) in [5.41, 5.74) is 0.276. The van der Waals surface area contributed by atoms with Gasteiger partial charge < -0.3 is 24.5 Å². The molecule has 0 aliphatic carbocycles. The molecule has 10 nitrogen and oxygen atoms in total. The fourth-order valence-electron chi connectivity index (χ4n) is 6.41. The maximum Gasteiger partial charge on any atom is 0.282 e. The highest BCUT2D eigenvalue weighted by atomic mass is 19.1. The Labute approximate surface area is 249 Å². The fraction of sp³-hybridized carbons (Fsp3) is 0.677. The van der Waals surface area contributed by atoms with Gasteiger partial charge in [0.1, 0.15) is 17.9 Å². The molecule has 0 radical (unpaired) electrons. The number of ether oxygens (including phenoxy) is 1. The molecule has 1 aromatic heterocycles. The smallest absolute Gasteiger partial charge is 0.282 e. The third-order valence-electron chi connectivity index (χ3n) is 8.80. The zero-order chi connectivity index (χ0) is 30.6. The van der Waals surface area contributed by atoms with E-state index < -0.39 is 5.82 Å². The standard InChI is InChI=1S/C31H48FN7O3/c1-8-36(7)16-24(40)15-26(21(3)4)38-18-31(19-38)12-13-37(17-31)28-29(35-34-20-33-28)42-27-11-10-23(32)14-25(27)30(41)39(9-2)22(5)6/h10-11,14,20-22,24,26,40H,8-9,12-13,15-19H2,1-7H3/t24-,26-/m1/s1. The summed E-state index contributed by atoms with van der Waals surface area (Å²) in [5, 5.41) is 18.9. The zero-order valence-electron chi connectivity index (χ0n) is 26.3. The number of likely N-dealkylation sites (N-methyl/N-ethyl adjacent to an activating group) is 1. The third kappa shape index (κ3) is 7.18. The quantitative estimate of drug-likeness (QED) is 0.375. The molecular formula is C31H48FN7O3. The Morgan fingerprint density at radius 1 is 1.17 bits per heavy atom. The minimum absolute atomic E-state index is 0.0496. The van der Waals surface area contributed by atoms with Crippen molar-refractivity contribution in [3.8, 4) is 11.6 Å². The van der Waals surface area contributed by atoms with Gasteiger partial charge in [-0.1, -0.05) is 20.8 Å². The second kappa shape index (κ2) is 13.6. The van der Waals surface area contributed by atoms with E-state index in [1.54, 1.807) is 4.90 Å². The maximum atomic E-state index is 14.3. The van der Waals surface area contributed by atoms with E-state index in [2.05, 4.69) is 50.7 Å². The number of nitrogens with zero attached hydrogens (tertiary/aromatic N) is 7. The molecule has 232 valence electrons. The highest BCUT2D eigenvalue weighted by molar-refractivity contribution is 5.97. The van der Waals surface area contributed by atoms with Crippen LogP contribution in [0.2, 0.25) is 0 Å². The van der Waals surface area contributed by atoms with Crippen LogP contribution in [0, 0.1) is 17.2 Å². The number of aliphatic hydroxyl groups excluding tert-OH is 1. The van der Waals surface area contributed by atoms with Gasteiger partial charge in [-0.2, -0.15) is 0 Å². The molecule has 2 atom stereocenters. The number of anilines is 1. The number of carbonyl (C=O) groups excluding carboxylic acids is 1. The number of aromatic nitrogens is 3. The van der Waals surface area contributed by atoms with Gasteiger partial charge in [0.2, 0.25) is 0 Å². The highest BCUT2D eigenvalue weighted by Crippen LogP contribution is 2.44. The lowest BCUT2D eigenvalue weighted by atomic mass is 9.76. The molecular weight excluding hydrogens is 537 g/mol. The predicted molar refractivity (Wildman–Crippen MR) is 161 cm³/mol. The zero-order valence-corrected chi connectivity index (χ0v) is 26.3. The number of halogens is 1. The van der Waals surface area contributed by atoms with E-state index in [0.29, 0.717) is 30.9 Å². The molecule has 1 amide bonds. The lowest BCUT2D eigenvalue weighted by molar-refractivity contribution is -0.0480. The topological polar surface area (TPSA) is 98.2 Å². The maximum absolute atomic E-state index is 14.3. The van der Waals surface area contributed by atoms with E-state index in [1.165, 1.54) is 24.5 Å². The van der Waals surface area contributed by atoms with Crippen molar-refractivity contribution < 1.29 is 19.0 Å². The minimum atomic E-state index is -0.511. The van der Waals surface area contributed by atoms with Gasteiger partial charge in [0.15, 0.2) is 5.82 Å². The van der Waals surface area contributed by atoms with Gasteiger partial charge in [0, 0.05) is 56.8 Å². The molecule has 2 saturated heterocycles. The van der Waals surface area contributed by atoms with Gasteiger partial charge in [0.05, 0.1) is 11.7 Å². The van der Waals surface area contributed by atoms with E-state index in [1.807, 2.05) is 27.8 Å². The van der Waals surface area contributed by atoms with Gasteiger partial charge >= 0.3 is 0 Å². The van der Waals surface area contributed by atoms with Crippen LogP contribution in [0.4, 0.5) is 10.2 Å². The number of rotatable bonds is 13. The molecule has 3 heterocycles. The number of likely N-dealkylation sites (tertiary alicyclic amines) is 1. The van der Waals surface area contributed by atoms with E-state index in [9.17, 15) is 14.3 Å². The van der Waals surface area contributed by atoms with Crippen LogP contribution < -0.4 is 9.64 Å². The van der Waals surface area contributed by atoms with E-state index in [4.69, 9.17) is 4.74 Å². The van der Waals surface area contributed by atoms with E-state index in [-0.39, 0.29) is 40.7 Å². The molecule has 2 fully saturated rings. The van der Waals surface area contributed by atoms with Crippen molar-refractivity contribution in [1.82, 2.24) is 29.9 Å². The predicted octanol–water partition coefficient (Wildman–Crippen LogP) is 3.91. The highest BCUT2D eigenvalue weighted by Gasteiger charge is 2.50. The molecule has 1 N–H and O–H groups in total. The van der Waals surface area contributed by atoms with Crippen LogP contribution in [-0.4, -0.2) is 112 Å². The molecule has 1 aromatic carbocycles. The van der Waals surface area contributed by atoms with Crippen molar-refractivity contribution in [2.45, 2.75) is 72.6 Å². The Morgan fingerprint density at radius 3 is 2.55 bits per heavy atom. The SMILES string of the molecule is CCN(C)C[C@H](O)C[C@H](C(C)C)N1CC2(CCN(c3ncnnc3Oc3ccc(F)cc3C(=O)N(CC)C(C)C)C2)C1. The Bertz CT molecular complexity index is 1210. The summed E-state index contributed by atoms with van der Waals surface area (Å²) in [6.45, 7) is 17.9. The summed E-state index contributed by atoms with van der Waals surface area (Å²) in [5.74, 6) is 0.615. The lowest BCUT2D eigenvalue weighted by Gasteiger charge is -2.53. The molecule has 2 aliphatic heterocycles. The second-order valence-electron chi connectivity index (χ2n) is 12.6. The largest absolute Gasteiger partial charge is 0.434 e. The number of aliphatic hydroxyl groups is 1. The summed E-state index contributed by atoms with van der Waals surface area (Å²) in [6, 6.07) is 4.22. The van der Waals surface area contributed by atoms with Crippen LogP contribution in [0.5, 0.6) is 11.6 Å². The van der Waals surface area contributed by atoms with Gasteiger partial charge in [0.25, 0.3) is 11.8 Å². The molecule has 42 heavy (non-hydrogen) atoms. The molecule has 0 saturated carbocycles. The average Bonchev–Trinajstić information content (AvgIpc) is 3.38. The van der Waals surface area contributed by atoms with Gasteiger partial charge in [-0.3, -0.25) is 9.69 Å². The Hall–Kier alpha value is -2.89.